The third-order valence-electron chi connectivity index (χ3n) is 5.83. The van der Waals surface area contributed by atoms with Gasteiger partial charge in [0.2, 0.25) is 0 Å². The van der Waals surface area contributed by atoms with Crippen molar-refractivity contribution in [2.75, 3.05) is 26.3 Å². The van der Waals surface area contributed by atoms with Gasteiger partial charge >= 0.3 is 0 Å². The van der Waals surface area contributed by atoms with Crippen molar-refractivity contribution in [2.24, 2.45) is 5.92 Å². The van der Waals surface area contributed by atoms with Gasteiger partial charge in [-0.1, -0.05) is 42.5 Å². The van der Waals surface area contributed by atoms with Crippen LogP contribution in [0.5, 0.6) is 11.5 Å². The normalized spacial score (nSPS) is 15.5. The fourth-order valence-electron chi connectivity index (χ4n) is 4.08. The zero-order valence-electron chi connectivity index (χ0n) is 17.4. The molecule has 32 heavy (non-hydrogen) atoms. The van der Waals surface area contributed by atoms with Gasteiger partial charge in [0.1, 0.15) is 23.9 Å². The van der Waals surface area contributed by atoms with Crippen LogP contribution in [0.1, 0.15) is 15.9 Å². The molecule has 5 nitrogen and oxygen atoms in total. The molecule has 3 aromatic carbocycles. The second-order valence-electron chi connectivity index (χ2n) is 8.22. The van der Waals surface area contributed by atoms with Crippen LogP contribution in [-0.2, 0) is 11.2 Å². The molecule has 0 atom stereocenters. The summed E-state index contributed by atoms with van der Waals surface area (Å²) in [5.74, 6) is 0.226. The lowest BCUT2D eigenvalue weighted by atomic mass is 9.97. The summed E-state index contributed by atoms with van der Waals surface area (Å²) < 4.78 is 25.7. The first-order chi connectivity index (χ1) is 15.6. The molecule has 0 aromatic heterocycles. The van der Waals surface area contributed by atoms with E-state index in [1.165, 1.54) is 12.1 Å². The molecule has 2 aliphatic heterocycles. The third-order valence-corrected chi connectivity index (χ3v) is 5.83. The Morgan fingerprint density at radius 2 is 1.81 bits per heavy atom. The fourth-order valence-corrected chi connectivity index (χ4v) is 4.08. The van der Waals surface area contributed by atoms with Crippen LogP contribution in [0.3, 0.4) is 0 Å². The van der Waals surface area contributed by atoms with E-state index in [0.29, 0.717) is 31.0 Å². The van der Waals surface area contributed by atoms with Gasteiger partial charge in [0.05, 0.1) is 12.2 Å². The number of carbonyl (C=O) groups excluding carboxylic acids is 2. The Morgan fingerprint density at radius 3 is 2.62 bits per heavy atom. The van der Waals surface area contributed by atoms with E-state index in [-0.39, 0.29) is 36.2 Å². The van der Waals surface area contributed by atoms with E-state index in [0.717, 1.165) is 16.9 Å². The number of rotatable bonds is 5. The number of ketones is 1. The Balaban J connectivity index is 1.18. The summed E-state index contributed by atoms with van der Waals surface area (Å²) in [4.78, 5) is 26.0. The Kier molecular flexibility index (Phi) is 5.35. The highest BCUT2D eigenvalue weighted by atomic mass is 19.1. The van der Waals surface area contributed by atoms with Crippen LogP contribution in [0.25, 0.3) is 11.1 Å². The summed E-state index contributed by atoms with van der Waals surface area (Å²) in [5.41, 5.74) is 2.75. The monoisotopic (exact) mass is 431 g/mol. The highest BCUT2D eigenvalue weighted by Crippen LogP contribution is 2.29. The van der Waals surface area contributed by atoms with Gasteiger partial charge in [-0.05, 0) is 29.3 Å². The molecule has 0 unspecified atom stereocenters. The Bertz CT molecular complexity index is 1170. The Hall–Kier alpha value is -3.67. The van der Waals surface area contributed by atoms with E-state index in [2.05, 4.69) is 12.1 Å². The van der Waals surface area contributed by atoms with Crippen molar-refractivity contribution in [3.8, 4) is 22.6 Å². The quantitative estimate of drug-likeness (QED) is 0.609. The highest BCUT2D eigenvalue weighted by Gasteiger charge is 2.33. The molecule has 0 radical (unpaired) electrons. The van der Waals surface area contributed by atoms with Crippen LogP contribution < -0.4 is 9.47 Å². The minimum atomic E-state index is -0.625. The molecule has 162 valence electrons. The predicted octanol–water partition coefficient (Wildman–Crippen LogP) is 4.15. The SMILES string of the molecule is O=C1COc2cc(F)c(C(=O)N3CC(COc4cccc(-c5ccccc5)c4)C3)cc2C1. The van der Waals surface area contributed by atoms with E-state index < -0.39 is 5.82 Å². The van der Waals surface area contributed by atoms with E-state index in [9.17, 15) is 14.0 Å². The Morgan fingerprint density at radius 1 is 1.03 bits per heavy atom. The van der Waals surface area contributed by atoms with Crippen LogP contribution in [0.2, 0.25) is 0 Å². The molecule has 5 rings (SSSR count). The lowest BCUT2D eigenvalue weighted by molar-refractivity contribution is -0.121. The standard InChI is InChI=1S/C26H22FNO4/c27-24-12-25-20(9-21(29)16-32-25)11-23(24)26(30)28-13-17(14-28)15-31-22-8-4-7-19(10-22)18-5-2-1-3-6-18/h1-8,10-12,17H,9,13-16H2. The number of hydrogen-bond donors (Lipinski definition) is 0. The fraction of sp³-hybridized carbons (Fsp3) is 0.231. The lowest BCUT2D eigenvalue weighted by Crippen LogP contribution is -2.52. The molecule has 2 heterocycles. The molecule has 1 saturated heterocycles. The topological polar surface area (TPSA) is 55.8 Å². The molecule has 0 aliphatic carbocycles. The average Bonchev–Trinajstić information content (AvgIpc) is 2.78. The van der Waals surface area contributed by atoms with Crippen molar-refractivity contribution in [1.29, 1.82) is 0 Å². The number of ether oxygens (including phenoxy) is 2. The zero-order valence-corrected chi connectivity index (χ0v) is 17.4. The molecule has 1 amide bonds. The summed E-state index contributed by atoms with van der Waals surface area (Å²) in [5, 5.41) is 0. The van der Waals surface area contributed by atoms with E-state index in [1.807, 2.05) is 42.5 Å². The van der Waals surface area contributed by atoms with Crippen LogP contribution in [0, 0.1) is 11.7 Å². The van der Waals surface area contributed by atoms with Crippen molar-refractivity contribution in [2.45, 2.75) is 6.42 Å². The van der Waals surface area contributed by atoms with Gasteiger partial charge < -0.3 is 14.4 Å². The van der Waals surface area contributed by atoms with Gasteiger partial charge in [0.15, 0.2) is 5.78 Å². The first-order valence-corrected chi connectivity index (χ1v) is 10.6. The highest BCUT2D eigenvalue weighted by molar-refractivity contribution is 5.96. The number of benzene rings is 3. The summed E-state index contributed by atoms with van der Waals surface area (Å²) in [6.45, 7) is 1.44. The molecule has 2 aliphatic rings. The maximum atomic E-state index is 14.5. The molecular formula is C26H22FNO4. The number of hydrogen-bond acceptors (Lipinski definition) is 4. The third kappa shape index (κ3) is 4.08. The molecule has 1 fully saturated rings. The van der Waals surface area contributed by atoms with Gasteiger partial charge in [-0.2, -0.15) is 0 Å². The molecule has 0 spiro atoms. The number of Topliss-reactive ketones (excluding diaryl/α,β-unsaturated/α-hetero) is 1. The summed E-state index contributed by atoms with van der Waals surface area (Å²) in [6, 6.07) is 20.7. The number of halogens is 1. The van der Waals surface area contributed by atoms with Crippen molar-refractivity contribution in [3.05, 3.63) is 83.7 Å². The van der Waals surface area contributed by atoms with Crippen molar-refractivity contribution >= 4 is 11.7 Å². The van der Waals surface area contributed by atoms with E-state index in [1.54, 1.807) is 4.90 Å². The zero-order chi connectivity index (χ0) is 22.1. The molecule has 6 heteroatoms. The summed E-state index contributed by atoms with van der Waals surface area (Å²) >= 11 is 0. The minimum absolute atomic E-state index is 0.0167. The van der Waals surface area contributed by atoms with Crippen LogP contribution in [0.4, 0.5) is 4.39 Å². The lowest BCUT2D eigenvalue weighted by Gasteiger charge is -2.39. The minimum Gasteiger partial charge on any atom is -0.493 e. The van der Waals surface area contributed by atoms with Crippen LogP contribution in [-0.4, -0.2) is 42.9 Å². The second-order valence-corrected chi connectivity index (χ2v) is 8.22. The first kappa shape index (κ1) is 20.2. The molecule has 0 N–H and O–H groups in total. The van der Waals surface area contributed by atoms with Gasteiger partial charge in [0, 0.05) is 37.1 Å². The maximum Gasteiger partial charge on any atom is 0.256 e. The number of carbonyl (C=O) groups is 2. The first-order valence-electron chi connectivity index (χ1n) is 10.6. The van der Waals surface area contributed by atoms with Gasteiger partial charge in [-0.15, -0.1) is 0 Å². The summed E-state index contributed by atoms with van der Waals surface area (Å²) in [6.07, 6.45) is 0.161. The summed E-state index contributed by atoms with van der Waals surface area (Å²) in [7, 11) is 0. The molecule has 0 bridgehead atoms. The van der Waals surface area contributed by atoms with E-state index >= 15 is 0 Å². The number of likely N-dealkylation sites (tertiary alicyclic amines) is 1. The van der Waals surface area contributed by atoms with E-state index in [4.69, 9.17) is 9.47 Å². The van der Waals surface area contributed by atoms with Gasteiger partial charge in [-0.25, -0.2) is 4.39 Å². The largest absolute Gasteiger partial charge is 0.493 e. The number of nitrogens with zero attached hydrogens (tertiary/aromatic N) is 1. The average molecular weight is 431 g/mol. The van der Waals surface area contributed by atoms with Crippen molar-refractivity contribution < 1.29 is 23.5 Å². The van der Waals surface area contributed by atoms with Gasteiger partial charge in [0.25, 0.3) is 5.91 Å². The van der Waals surface area contributed by atoms with Gasteiger partial charge in [-0.3, -0.25) is 9.59 Å². The predicted molar refractivity (Wildman–Crippen MR) is 117 cm³/mol. The molecule has 0 saturated carbocycles. The molecule has 3 aromatic rings. The van der Waals surface area contributed by atoms with Crippen LogP contribution >= 0.6 is 0 Å². The number of amides is 1. The van der Waals surface area contributed by atoms with Crippen molar-refractivity contribution in [1.82, 2.24) is 4.90 Å². The Labute approximate surface area is 185 Å². The van der Waals surface area contributed by atoms with Crippen molar-refractivity contribution in [3.63, 3.8) is 0 Å². The van der Waals surface area contributed by atoms with Crippen LogP contribution in [0.15, 0.2) is 66.7 Å². The number of fused-ring (bicyclic) bond motifs is 1. The molecular weight excluding hydrogens is 409 g/mol. The second kappa shape index (κ2) is 8.46. The smallest absolute Gasteiger partial charge is 0.256 e. The maximum absolute atomic E-state index is 14.5.